The standard InChI is InChI=1S/C9H7N3O2S2/c13-12(14)7-1-3-8(4-2-7)16-11-9-10-5-6-15-9/h1-6H,(H,10,11). The van der Waals surface area contributed by atoms with E-state index in [0.717, 1.165) is 10.0 Å². The van der Waals surface area contributed by atoms with E-state index in [1.807, 2.05) is 5.38 Å². The van der Waals surface area contributed by atoms with Crippen molar-refractivity contribution >= 4 is 34.1 Å². The van der Waals surface area contributed by atoms with Gasteiger partial charge in [0.25, 0.3) is 5.69 Å². The molecule has 1 aromatic carbocycles. The van der Waals surface area contributed by atoms with Crippen LogP contribution in [0.2, 0.25) is 0 Å². The Labute approximate surface area is 99.8 Å². The largest absolute Gasteiger partial charge is 0.302 e. The van der Waals surface area contributed by atoms with Gasteiger partial charge < -0.3 is 4.72 Å². The number of anilines is 1. The van der Waals surface area contributed by atoms with Gasteiger partial charge in [0.1, 0.15) is 0 Å². The first kappa shape index (κ1) is 10.9. The van der Waals surface area contributed by atoms with E-state index in [1.54, 1.807) is 18.3 Å². The van der Waals surface area contributed by atoms with Crippen molar-refractivity contribution in [3.8, 4) is 0 Å². The fourth-order valence-corrected chi connectivity index (χ4v) is 2.23. The Morgan fingerprint density at radius 1 is 1.38 bits per heavy atom. The molecule has 0 unspecified atom stereocenters. The summed E-state index contributed by atoms with van der Waals surface area (Å²) in [6, 6.07) is 6.35. The number of non-ortho nitro benzene ring substituents is 1. The number of hydrogen-bond acceptors (Lipinski definition) is 6. The van der Waals surface area contributed by atoms with Crippen LogP contribution in [-0.2, 0) is 0 Å². The molecule has 0 saturated heterocycles. The maximum Gasteiger partial charge on any atom is 0.269 e. The van der Waals surface area contributed by atoms with E-state index in [4.69, 9.17) is 0 Å². The van der Waals surface area contributed by atoms with Gasteiger partial charge in [-0.3, -0.25) is 10.1 Å². The lowest BCUT2D eigenvalue weighted by molar-refractivity contribution is -0.384. The van der Waals surface area contributed by atoms with Crippen molar-refractivity contribution in [3.63, 3.8) is 0 Å². The summed E-state index contributed by atoms with van der Waals surface area (Å²) in [5.41, 5.74) is 0.0959. The molecule has 0 aliphatic carbocycles. The summed E-state index contributed by atoms with van der Waals surface area (Å²) < 4.78 is 3.04. The van der Waals surface area contributed by atoms with Crippen LogP contribution >= 0.6 is 23.3 Å². The van der Waals surface area contributed by atoms with Crippen LogP contribution in [0.25, 0.3) is 0 Å². The van der Waals surface area contributed by atoms with Gasteiger partial charge in [-0.15, -0.1) is 11.3 Å². The first-order chi connectivity index (χ1) is 7.75. The molecule has 0 radical (unpaired) electrons. The van der Waals surface area contributed by atoms with Gasteiger partial charge in [0.15, 0.2) is 5.13 Å². The van der Waals surface area contributed by atoms with Crippen LogP contribution in [0, 0.1) is 10.1 Å². The molecule has 16 heavy (non-hydrogen) atoms. The second-order valence-electron chi connectivity index (χ2n) is 2.79. The SMILES string of the molecule is O=[N+]([O-])c1ccc(SNc2nccs2)cc1. The van der Waals surface area contributed by atoms with Crippen LogP contribution in [0.15, 0.2) is 40.7 Å². The van der Waals surface area contributed by atoms with E-state index < -0.39 is 4.92 Å². The molecule has 0 spiro atoms. The monoisotopic (exact) mass is 253 g/mol. The van der Waals surface area contributed by atoms with E-state index in [2.05, 4.69) is 9.71 Å². The topological polar surface area (TPSA) is 68.1 Å². The molecule has 0 saturated carbocycles. The van der Waals surface area contributed by atoms with E-state index in [9.17, 15) is 10.1 Å². The zero-order chi connectivity index (χ0) is 11.4. The summed E-state index contributed by atoms with van der Waals surface area (Å²) in [5.74, 6) is 0. The Morgan fingerprint density at radius 2 is 2.12 bits per heavy atom. The minimum atomic E-state index is -0.414. The minimum Gasteiger partial charge on any atom is -0.302 e. The van der Waals surface area contributed by atoms with Crippen LogP contribution in [0.1, 0.15) is 0 Å². The van der Waals surface area contributed by atoms with Crippen molar-refractivity contribution in [2.75, 3.05) is 4.72 Å². The molecule has 1 N–H and O–H groups in total. The molecule has 0 bridgehead atoms. The second kappa shape index (κ2) is 4.95. The quantitative estimate of drug-likeness (QED) is 0.515. The number of benzene rings is 1. The molecule has 2 rings (SSSR count). The molecule has 0 aliphatic rings. The molecule has 0 atom stereocenters. The summed E-state index contributed by atoms with van der Waals surface area (Å²) in [6.45, 7) is 0. The molecule has 2 aromatic rings. The molecular formula is C9H7N3O2S2. The summed E-state index contributed by atoms with van der Waals surface area (Å²) in [4.78, 5) is 15.0. The summed E-state index contributed by atoms with van der Waals surface area (Å²) in [6.07, 6.45) is 1.71. The zero-order valence-corrected chi connectivity index (χ0v) is 9.62. The number of nitrogens with zero attached hydrogens (tertiary/aromatic N) is 2. The lowest BCUT2D eigenvalue weighted by Crippen LogP contribution is -1.88. The van der Waals surface area contributed by atoms with E-state index in [0.29, 0.717) is 0 Å². The third kappa shape index (κ3) is 2.71. The summed E-state index contributed by atoms with van der Waals surface area (Å²) >= 11 is 2.87. The van der Waals surface area contributed by atoms with Gasteiger partial charge in [-0.05, 0) is 24.1 Å². The van der Waals surface area contributed by atoms with Gasteiger partial charge in [-0.2, -0.15) is 0 Å². The third-order valence-electron chi connectivity index (χ3n) is 1.74. The maximum atomic E-state index is 10.4. The van der Waals surface area contributed by atoms with Crippen molar-refractivity contribution in [2.24, 2.45) is 0 Å². The fraction of sp³-hybridized carbons (Fsp3) is 0. The van der Waals surface area contributed by atoms with E-state index >= 15 is 0 Å². The number of nitro benzene ring substituents is 1. The zero-order valence-electron chi connectivity index (χ0n) is 7.99. The normalized spacial score (nSPS) is 10.0. The minimum absolute atomic E-state index is 0.0959. The van der Waals surface area contributed by atoms with Crippen molar-refractivity contribution in [1.29, 1.82) is 0 Å². The molecule has 0 amide bonds. The maximum absolute atomic E-state index is 10.4. The first-order valence-corrected chi connectivity index (χ1v) is 6.02. The Bertz CT molecular complexity index is 470. The van der Waals surface area contributed by atoms with E-state index in [1.165, 1.54) is 35.4 Å². The summed E-state index contributed by atoms with van der Waals surface area (Å²) in [7, 11) is 0. The van der Waals surface area contributed by atoms with Crippen molar-refractivity contribution in [2.45, 2.75) is 4.90 Å². The number of aromatic nitrogens is 1. The highest BCUT2D eigenvalue weighted by Crippen LogP contribution is 2.24. The van der Waals surface area contributed by atoms with Crippen molar-refractivity contribution in [1.82, 2.24) is 4.98 Å². The molecule has 82 valence electrons. The Kier molecular flexibility index (Phi) is 3.37. The van der Waals surface area contributed by atoms with Gasteiger partial charge in [-0.1, -0.05) is 0 Å². The van der Waals surface area contributed by atoms with Gasteiger partial charge in [0.05, 0.1) is 4.92 Å². The average Bonchev–Trinajstić information content (AvgIpc) is 2.80. The molecule has 0 aliphatic heterocycles. The predicted molar refractivity (Wildman–Crippen MR) is 64.7 cm³/mol. The third-order valence-corrected chi connectivity index (χ3v) is 3.36. The molecule has 5 nitrogen and oxygen atoms in total. The molecule has 1 heterocycles. The van der Waals surface area contributed by atoms with Crippen LogP contribution in [0.4, 0.5) is 10.8 Å². The van der Waals surface area contributed by atoms with Gasteiger partial charge in [-0.25, -0.2) is 4.98 Å². The van der Waals surface area contributed by atoms with Crippen LogP contribution in [-0.4, -0.2) is 9.91 Å². The first-order valence-electron chi connectivity index (χ1n) is 4.32. The number of rotatable bonds is 4. The van der Waals surface area contributed by atoms with Crippen molar-refractivity contribution < 1.29 is 4.92 Å². The lowest BCUT2D eigenvalue weighted by Gasteiger charge is -2.00. The summed E-state index contributed by atoms with van der Waals surface area (Å²) in [5, 5.41) is 13.1. The number of hydrogen-bond donors (Lipinski definition) is 1. The van der Waals surface area contributed by atoms with Crippen LogP contribution in [0.5, 0.6) is 0 Å². The molecular weight excluding hydrogens is 246 g/mol. The van der Waals surface area contributed by atoms with Gasteiger partial charge >= 0.3 is 0 Å². The van der Waals surface area contributed by atoms with Gasteiger partial charge in [0, 0.05) is 28.6 Å². The van der Waals surface area contributed by atoms with Crippen molar-refractivity contribution in [3.05, 3.63) is 46.0 Å². The highest BCUT2D eigenvalue weighted by Gasteiger charge is 2.04. The Morgan fingerprint density at radius 3 is 2.69 bits per heavy atom. The second-order valence-corrected chi connectivity index (χ2v) is 4.57. The lowest BCUT2D eigenvalue weighted by atomic mass is 10.3. The number of nitro groups is 1. The van der Waals surface area contributed by atoms with Crippen LogP contribution in [0.3, 0.4) is 0 Å². The van der Waals surface area contributed by atoms with Crippen LogP contribution < -0.4 is 4.72 Å². The highest BCUT2D eigenvalue weighted by atomic mass is 32.2. The number of thiazole rings is 1. The molecule has 0 fully saturated rings. The molecule has 1 aromatic heterocycles. The number of nitrogens with one attached hydrogen (secondary N) is 1. The molecule has 7 heteroatoms. The fourth-order valence-electron chi connectivity index (χ4n) is 1.01. The Balaban J connectivity index is 1.98. The average molecular weight is 253 g/mol. The van der Waals surface area contributed by atoms with Gasteiger partial charge in [0.2, 0.25) is 0 Å². The smallest absolute Gasteiger partial charge is 0.269 e. The Hall–Kier alpha value is -1.60. The van der Waals surface area contributed by atoms with E-state index in [-0.39, 0.29) is 5.69 Å². The highest BCUT2D eigenvalue weighted by molar-refractivity contribution is 8.00. The predicted octanol–water partition coefficient (Wildman–Crippen LogP) is 3.17.